The van der Waals surface area contributed by atoms with Crippen LogP contribution in [0, 0.1) is 0 Å². The number of aliphatic carboxylic acids is 1. The molecule has 1 unspecified atom stereocenters. The molecule has 0 saturated heterocycles. The minimum atomic E-state index is -0.884. The van der Waals surface area contributed by atoms with Crippen molar-refractivity contribution < 1.29 is 9.90 Å². The second-order valence-electron chi connectivity index (χ2n) is 4.16. The van der Waals surface area contributed by atoms with Crippen molar-refractivity contribution in [1.29, 1.82) is 0 Å². The maximum atomic E-state index is 10.8. The van der Waals surface area contributed by atoms with E-state index in [0.717, 1.165) is 16.7 Å². The van der Waals surface area contributed by atoms with Gasteiger partial charge < -0.3 is 10.8 Å². The third kappa shape index (κ3) is 2.76. The van der Waals surface area contributed by atoms with Gasteiger partial charge in [-0.15, -0.1) is 0 Å². The summed E-state index contributed by atoms with van der Waals surface area (Å²) >= 11 is 0. The van der Waals surface area contributed by atoms with Crippen molar-refractivity contribution >= 4 is 5.97 Å². The standard InChI is InChI=1S/C15H15NO2/c16-14(10-15(17)18)13-9-5-4-8-12(13)11-6-2-1-3-7-11/h1-9,14H,10,16H2,(H,17,18). The molecule has 2 aromatic rings. The van der Waals surface area contributed by atoms with Crippen molar-refractivity contribution in [1.82, 2.24) is 0 Å². The van der Waals surface area contributed by atoms with Crippen LogP contribution in [0.3, 0.4) is 0 Å². The normalized spacial score (nSPS) is 12.1. The highest BCUT2D eigenvalue weighted by Crippen LogP contribution is 2.28. The molecule has 1 atom stereocenters. The van der Waals surface area contributed by atoms with Gasteiger partial charge in [0.1, 0.15) is 0 Å². The molecule has 2 rings (SSSR count). The Bertz CT molecular complexity index is 537. The highest BCUT2D eigenvalue weighted by Gasteiger charge is 2.14. The van der Waals surface area contributed by atoms with E-state index in [1.807, 2.05) is 54.6 Å². The van der Waals surface area contributed by atoms with E-state index in [1.165, 1.54) is 0 Å². The molecule has 2 aromatic carbocycles. The lowest BCUT2D eigenvalue weighted by atomic mass is 9.94. The zero-order chi connectivity index (χ0) is 13.0. The number of nitrogens with two attached hydrogens (primary N) is 1. The summed E-state index contributed by atoms with van der Waals surface area (Å²) in [5.74, 6) is -0.884. The van der Waals surface area contributed by atoms with Crippen molar-refractivity contribution in [3.63, 3.8) is 0 Å². The summed E-state index contributed by atoms with van der Waals surface area (Å²) in [4.78, 5) is 10.8. The smallest absolute Gasteiger partial charge is 0.305 e. The Balaban J connectivity index is 2.40. The number of benzene rings is 2. The summed E-state index contributed by atoms with van der Waals surface area (Å²) < 4.78 is 0. The molecule has 0 aliphatic heterocycles. The fraction of sp³-hybridized carbons (Fsp3) is 0.133. The van der Waals surface area contributed by atoms with Gasteiger partial charge in [-0.3, -0.25) is 4.79 Å². The molecule has 0 aromatic heterocycles. The van der Waals surface area contributed by atoms with Gasteiger partial charge in [0.25, 0.3) is 0 Å². The average molecular weight is 241 g/mol. The molecule has 0 radical (unpaired) electrons. The van der Waals surface area contributed by atoms with Gasteiger partial charge in [-0.05, 0) is 16.7 Å². The Labute approximate surface area is 106 Å². The molecule has 0 aliphatic rings. The van der Waals surface area contributed by atoms with E-state index in [4.69, 9.17) is 10.8 Å². The number of carboxylic acids is 1. The molecule has 3 N–H and O–H groups in total. The van der Waals surface area contributed by atoms with Crippen molar-refractivity contribution in [2.24, 2.45) is 5.73 Å². The summed E-state index contributed by atoms with van der Waals surface area (Å²) in [7, 11) is 0. The second kappa shape index (κ2) is 5.47. The predicted molar refractivity (Wildman–Crippen MR) is 71.1 cm³/mol. The SMILES string of the molecule is NC(CC(=O)O)c1ccccc1-c1ccccc1. The van der Waals surface area contributed by atoms with Gasteiger partial charge in [0.05, 0.1) is 6.42 Å². The quantitative estimate of drug-likeness (QED) is 0.865. The fourth-order valence-corrected chi connectivity index (χ4v) is 2.00. The van der Waals surface area contributed by atoms with Crippen LogP contribution >= 0.6 is 0 Å². The van der Waals surface area contributed by atoms with E-state index in [9.17, 15) is 4.79 Å². The zero-order valence-electron chi connectivity index (χ0n) is 9.91. The van der Waals surface area contributed by atoms with E-state index in [0.29, 0.717) is 0 Å². The van der Waals surface area contributed by atoms with Gasteiger partial charge in [0.15, 0.2) is 0 Å². The summed E-state index contributed by atoms with van der Waals surface area (Å²) in [6.07, 6.45) is -0.0656. The Morgan fingerprint density at radius 1 is 1.06 bits per heavy atom. The summed E-state index contributed by atoms with van der Waals surface area (Å²) in [6, 6.07) is 17.0. The van der Waals surface area contributed by atoms with Gasteiger partial charge in [-0.2, -0.15) is 0 Å². The molecule has 3 heteroatoms. The Morgan fingerprint density at radius 2 is 1.67 bits per heavy atom. The lowest BCUT2D eigenvalue weighted by molar-refractivity contribution is -0.137. The van der Waals surface area contributed by atoms with Crippen molar-refractivity contribution in [2.45, 2.75) is 12.5 Å². The average Bonchev–Trinajstić information content (AvgIpc) is 2.39. The van der Waals surface area contributed by atoms with Crippen LogP contribution in [0.1, 0.15) is 18.0 Å². The van der Waals surface area contributed by atoms with E-state index in [1.54, 1.807) is 0 Å². The van der Waals surface area contributed by atoms with Crippen LogP contribution in [-0.2, 0) is 4.79 Å². The van der Waals surface area contributed by atoms with Gasteiger partial charge in [-0.1, -0.05) is 54.6 Å². The second-order valence-corrected chi connectivity index (χ2v) is 4.16. The zero-order valence-corrected chi connectivity index (χ0v) is 9.91. The lowest BCUT2D eigenvalue weighted by Crippen LogP contribution is -2.15. The Kier molecular flexibility index (Phi) is 3.75. The van der Waals surface area contributed by atoms with Crippen LogP contribution in [0.5, 0.6) is 0 Å². The summed E-state index contributed by atoms with van der Waals surface area (Å²) in [6.45, 7) is 0. The van der Waals surface area contributed by atoms with E-state index in [-0.39, 0.29) is 6.42 Å². The maximum absolute atomic E-state index is 10.8. The first-order valence-corrected chi connectivity index (χ1v) is 5.80. The van der Waals surface area contributed by atoms with Crippen LogP contribution in [-0.4, -0.2) is 11.1 Å². The molecule has 0 saturated carbocycles. The predicted octanol–water partition coefficient (Wildman–Crippen LogP) is 2.83. The van der Waals surface area contributed by atoms with Crippen molar-refractivity contribution in [2.75, 3.05) is 0 Å². The minimum absolute atomic E-state index is 0.0656. The van der Waals surface area contributed by atoms with E-state index in [2.05, 4.69) is 0 Å². The monoisotopic (exact) mass is 241 g/mol. The van der Waals surface area contributed by atoms with Crippen LogP contribution in [0.25, 0.3) is 11.1 Å². The number of carbonyl (C=O) groups is 1. The molecule has 0 spiro atoms. The highest BCUT2D eigenvalue weighted by molar-refractivity contribution is 5.71. The first-order valence-electron chi connectivity index (χ1n) is 5.80. The first kappa shape index (κ1) is 12.3. The van der Waals surface area contributed by atoms with Crippen LogP contribution in [0.15, 0.2) is 54.6 Å². The molecule has 0 amide bonds. The van der Waals surface area contributed by atoms with Crippen LogP contribution < -0.4 is 5.73 Å². The van der Waals surface area contributed by atoms with E-state index < -0.39 is 12.0 Å². The molecule has 3 nitrogen and oxygen atoms in total. The van der Waals surface area contributed by atoms with Gasteiger partial charge in [0, 0.05) is 6.04 Å². The summed E-state index contributed by atoms with van der Waals surface area (Å²) in [5, 5.41) is 8.83. The van der Waals surface area contributed by atoms with Crippen molar-refractivity contribution in [3.8, 4) is 11.1 Å². The first-order chi connectivity index (χ1) is 8.68. The summed E-state index contributed by atoms with van der Waals surface area (Å²) in [5.41, 5.74) is 8.86. The molecule has 18 heavy (non-hydrogen) atoms. The number of carboxylic acid groups (broad SMARTS) is 1. The van der Waals surface area contributed by atoms with Crippen LogP contribution in [0.2, 0.25) is 0 Å². The van der Waals surface area contributed by atoms with Crippen LogP contribution in [0.4, 0.5) is 0 Å². The number of hydrogen-bond donors (Lipinski definition) is 2. The highest BCUT2D eigenvalue weighted by atomic mass is 16.4. The molecular weight excluding hydrogens is 226 g/mol. The van der Waals surface area contributed by atoms with Gasteiger partial charge in [0.2, 0.25) is 0 Å². The molecular formula is C15H15NO2. The third-order valence-corrected chi connectivity index (χ3v) is 2.84. The molecule has 0 fully saturated rings. The molecule has 0 bridgehead atoms. The molecule has 0 heterocycles. The van der Waals surface area contributed by atoms with Gasteiger partial charge in [-0.25, -0.2) is 0 Å². The largest absolute Gasteiger partial charge is 0.481 e. The number of hydrogen-bond acceptors (Lipinski definition) is 2. The van der Waals surface area contributed by atoms with Crippen molar-refractivity contribution in [3.05, 3.63) is 60.2 Å². The minimum Gasteiger partial charge on any atom is -0.481 e. The maximum Gasteiger partial charge on any atom is 0.305 e. The lowest BCUT2D eigenvalue weighted by Gasteiger charge is -2.15. The van der Waals surface area contributed by atoms with Gasteiger partial charge >= 0.3 is 5.97 Å². The molecule has 92 valence electrons. The topological polar surface area (TPSA) is 63.3 Å². The third-order valence-electron chi connectivity index (χ3n) is 2.84. The molecule has 0 aliphatic carbocycles. The Morgan fingerprint density at radius 3 is 2.33 bits per heavy atom. The number of rotatable bonds is 4. The van der Waals surface area contributed by atoms with E-state index >= 15 is 0 Å². The Hall–Kier alpha value is -2.13. The fourth-order valence-electron chi connectivity index (χ4n) is 2.00.